The molecule has 0 fully saturated rings. The molecule has 1 amide bonds. The maximum Gasteiger partial charge on any atom is 0.312 e. The summed E-state index contributed by atoms with van der Waals surface area (Å²) in [4.78, 5) is 29.1. The molecule has 1 aliphatic rings. The number of benzene rings is 1. The Balaban J connectivity index is 1.75. The standard InChI is InChI=1S/C14H13N3O3S/c18-12(16-14-15-5-6-21-14)8-17-7-10(13(19)20)9-3-1-2-4-11(9)17/h1-6,10H,7-8H2,(H,19,20)(H,15,16,18). The van der Waals surface area contributed by atoms with Gasteiger partial charge in [-0.1, -0.05) is 18.2 Å². The first-order valence-electron chi connectivity index (χ1n) is 6.41. The number of thiazole rings is 1. The van der Waals surface area contributed by atoms with Crippen molar-refractivity contribution in [1.29, 1.82) is 0 Å². The van der Waals surface area contributed by atoms with Crippen LogP contribution in [0.3, 0.4) is 0 Å². The highest BCUT2D eigenvalue weighted by Crippen LogP contribution is 2.35. The summed E-state index contributed by atoms with van der Waals surface area (Å²) in [5, 5.41) is 14.3. The van der Waals surface area contributed by atoms with Crippen LogP contribution in [-0.4, -0.2) is 35.1 Å². The Morgan fingerprint density at radius 3 is 2.95 bits per heavy atom. The van der Waals surface area contributed by atoms with Gasteiger partial charge in [0.15, 0.2) is 5.13 Å². The molecular formula is C14H13N3O3S. The molecule has 1 aliphatic heterocycles. The van der Waals surface area contributed by atoms with Gasteiger partial charge in [0.1, 0.15) is 5.92 Å². The van der Waals surface area contributed by atoms with E-state index in [1.807, 2.05) is 18.2 Å². The van der Waals surface area contributed by atoms with Crippen LogP contribution < -0.4 is 10.2 Å². The Morgan fingerprint density at radius 1 is 1.43 bits per heavy atom. The van der Waals surface area contributed by atoms with Crippen LogP contribution in [0.15, 0.2) is 35.8 Å². The minimum atomic E-state index is -0.870. The van der Waals surface area contributed by atoms with E-state index in [4.69, 9.17) is 0 Å². The third-order valence-electron chi connectivity index (χ3n) is 3.37. The molecule has 2 heterocycles. The number of carboxylic acid groups (broad SMARTS) is 1. The van der Waals surface area contributed by atoms with E-state index < -0.39 is 11.9 Å². The number of aliphatic carboxylic acids is 1. The third kappa shape index (κ3) is 2.73. The highest BCUT2D eigenvalue weighted by Gasteiger charge is 2.33. The Morgan fingerprint density at radius 2 is 2.24 bits per heavy atom. The van der Waals surface area contributed by atoms with Crippen molar-refractivity contribution in [2.24, 2.45) is 0 Å². The number of rotatable bonds is 4. The molecule has 0 aliphatic carbocycles. The zero-order valence-electron chi connectivity index (χ0n) is 11.0. The molecule has 6 nitrogen and oxygen atoms in total. The van der Waals surface area contributed by atoms with Crippen LogP contribution in [0.2, 0.25) is 0 Å². The summed E-state index contributed by atoms with van der Waals surface area (Å²) in [6.07, 6.45) is 1.62. The van der Waals surface area contributed by atoms with E-state index >= 15 is 0 Å². The fourth-order valence-electron chi connectivity index (χ4n) is 2.47. The fraction of sp³-hybridized carbons (Fsp3) is 0.214. The van der Waals surface area contributed by atoms with Crippen LogP contribution in [0, 0.1) is 0 Å². The van der Waals surface area contributed by atoms with Gasteiger partial charge in [0, 0.05) is 23.8 Å². The number of nitrogens with zero attached hydrogens (tertiary/aromatic N) is 2. The molecule has 0 saturated carbocycles. The number of carbonyl (C=O) groups is 2. The molecule has 3 rings (SSSR count). The number of para-hydroxylation sites is 1. The van der Waals surface area contributed by atoms with Crippen molar-refractivity contribution in [3.63, 3.8) is 0 Å². The minimum Gasteiger partial charge on any atom is -0.481 e. The molecule has 1 unspecified atom stereocenters. The second-order valence-corrected chi connectivity index (χ2v) is 5.61. The lowest BCUT2D eigenvalue weighted by Crippen LogP contribution is -2.33. The number of hydrogen-bond acceptors (Lipinski definition) is 5. The van der Waals surface area contributed by atoms with E-state index in [-0.39, 0.29) is 12.5 Å². The lowest BCUT2D eigenvalue weighted by atomic mass is 10.0. The minimum absolute atomic E-state index is 0.111. The van der Waals surface area contributed by atoms with Crippen molar-refractivity contribution >= 4 is 34.0 Å². The van der Waals surface area contributed by atoms with Crippen LogP contribution in [0.1, 0.15) is 11.5 Å². The van der Waals surface area contributed by atoms with Gasteiger partial charge in [0.2, 0.25) is 5.91 Å². The van der Waals surface area contributed by atoms with E-state index in [0.29, 0.717) is 11.7 Å². The van der Waals surface area contributed by atoms with Crippen molar-refractivity contribution in [2.75, 3.05) is 23.3 Å². The number of amides is 1. The normalized spacial score (nSPS) is 16.6. The molecule has 1 aromatic heterocycles. The number of nitrogens with one attached hydrogen (secondary N) is 1. The van der Waals surface area contributed by atoms with Crippen molar-refractivity contribution in [3.8, 4) is 0 Å². The number of carboxylic acids is 1. The maximum absolute atomic E-state index is 12.0. The predicted molar refractivity (Wildman–Crippen MR) is 79.8 cm³/mol. The molecule has 21 heavy (non-hydrogen) atoms. The smallest absolute Gasteiger partial charge is 0.312 e. The molecule has 0 spiro atoms. The summed E-state index contributed by atoms with van der Waals surface area (Å²) in [7, 11) is 0. The van der Waals surface area contributed by atoms with E-state index in [1.165, 1.54) is 11.3 Å². The van der Waals surface area contributed by atoms with Gasteiger partial charge in [-0.3, -0.25) is 9.59 Å². The second-order valence-electron chi connectivity index (χ2n) is 4.72. The van der Waals surface area contributed by atoms with Crippen LogP contribution in [0.4, 0.5) is 10.8 Å². The molecule has 0 saturated heterocycles. The van der Waals surface area contributed by atoms with Crippen LogP contribution in [-0.2, 0) is 9.59 Å². The Bertz CT molecular complexity index is 672. The van der Waals surface area contributed by atoms with Crippen molar-refractivity contribution < 1.29 is 14.7 Å². The van der Waals surface area contributed by atoms with Gasteiger partial charge in [-0.25, -0.2) is 4.98 Å². The van der Waals surface area contributed by atoms with Crippen LogP contribution >= 0.6 is 11.3 Å². The number of carbonyl (C=O) groups excluding carboxylic acids is 1. The highest BCUT2D eigenvalue weighted by atomic mass is 32.1. The summed E-state index contributed by atoms with van der Waals surface area (Å²) in [6, 6.07) is 7.30. The molecule has 0 bridgehead atoms. The van der Waals surface area contributed by atoms with Gasteiger partial charge in [0.25, 0.3) is 0 Å². The monoisotopic (exact) mass is 303 g/mol. The van der Waals surface area contributed by atoms with Gasteiger partial charge < -0.3 is 15.3 Å². The van der Waals surface area contributed by atoms with Crippen molar-refractivity contribution in [2.45, 2.75) is 5.92 Å². The fourth-order valence-corrected chi connectivity index (χ4v) is 3.01. The number of aromatic nitrogens is 1. The summed E-state index contributed by atoms with van der Waals surface area (Å²) < 4.78 is 0. The first-order valence-corrected chi connectivity index (χ1v) is 7.29. The lowest BCUT2D eigenvalue weighted by molar-refractivity contribution is -0.138. The summed E-state index contributed by atoms with van der Waals surface area (Å²) in [5.74, 6) is -1.66. The SMILES string of the molecule is O=C(CN1CC(C(=O)O)c2ccccc21)Nc1nccs1. The highest BCUT2D eigenvalue weighted by molar-refractivity contribution is 7.13. The number of anilines is 2. The molecule has 2 N–H and O–H groups in total. The molecule has 0 radical (unpaired) electrons. The Kier molecular flexibility index (Phi) is 3.57. The van der Waals surface area contributed by atoms with Crippen LogP contribution in [0.25, 0.3) is 0 Å². The van der Waals surface area contributed by atoms with Gasteiger partial charge >= 0.3 is 5.97 Å². The van der Waals surface area contributed by atoms with Crippen LogP contribution in [0.5, 0.6) is 0 Å². The zero-order valence-corrected chi connectivity index (χ0v) is 11.8. The molecule has 1 atom stereocenters. The van der Waals surface area contributed by atoms with Gasteiger partial charge in [-0.15, -0.1) is 11.3 Å². The summed E-state index contributed by atoms with van der Waals surface area (Å²) in [5.41, 5.74) is 1.56. The first kappa shape index (κ1) is 13.6. The Hall–Kier alpha value is -2.41. The second kappa shape index (κ2) is 5.53. The molecule has 1 aromatic carbocycles. The largest absolute Gasteiger partial charge is 0.481 e. The number of hydrogen-bond donors (Lipinski definition) is 2. The van der Waals surface area contributed by atoms with E-state index in [9.17, 15) is 14.7 Å². The molecule has 2 aromatic rings. The average Bonchev–Trinajstić information content (AvgIpc) is 3.07. The van der Waals surface area contributed by atoms with E-state index in [0.717, 1.165) is 11.3 Å². The molecule has 7 heteroatoms. The summed E-state index contributed by atoms with van der Waals surface area (Å²) in [6.45, 7) is 0.417. The van der Waals surface area contributed by atoms with Gasteiger partial charge in [-0.2, -0.15) is 0 Å². The third-order valence-corrected chi connectivity index (χ3v) is 4.06. The quantitative estimate of drug-likeness (QED) is 0.899. The lowest BCUT2D eigenvalue weighted by Gasteiger charge is -2.18. The predicted octanol–water partition coefficient (Wildman–Crippen LogP) is 1.77. The number of fused-ring (bicyclic) bond motifs is 1. The maximum atomic E-state index is 12.0. The first-order chi connectivity index (χ1) is 10.1. The van der Waals surface area contributed by atoms with Gasteiger partial charge in [0.05, 0.1) is 6.54 Å². The summed E-state index contributed by atoms with van der Waals surface area (Å²) >= 11 is 1.34. The zero-order chi connectivity index (χ0) is 14.8. The average molecular weight is 303 g/mol. The molecular weight excluding hydrogens is 290 g/mol. The van der Waals surface area contributed by atoms with Crippen molar-refractivity contribution in [3.05, 3.63) is 41.4 Å². The van der Waals surface area contributed by atoms with Crippen molar-refractivity contribution in [1.82, 2.24) is 4.98 Å². The van der Waals surface area contributed by atoms with E-state index in [1.54, 1.807) is 22.5 Å². The Labute approximate surface area is 125 Å². The van der Waals surface area contributed by atoms with E-state index in [2.05, 4.69) is 10.3 Å². The van der Waals surface area contributed by atoms with Gasteiger partial charge in [-0.05, 0) is 11.6 Å². The topological polar surface area (TPSA) is 82.5 Å². The molecule has 108 valence electrons.